The fraction of sp³-hybridized carbons (Fsp3) is 0.200. The number of aromatic nitrogens is 1. The van der Waals surface area contributed by atoms with E-state index < -0.39 is 0 Å². The van der Waals surface area contributed by atoms with Gasteiger partial charge in [0.1, 0.15) is 5.52 Å². The van der Waals surface area contributed by atoms with E-state index in [9.17, 15) is 5.11 Å². The molecule has 5 nitrogen and oxygen atoms in total. The summed E-state index contributed by atoms with van der Waals surface area (Å²) in [7, 11) is 1.51. The molecule has 6 heteroatoms. The van der Waals surface area contributed by atoms with Crippen LogP contribution in [-0.4, -0.2) is 23.4 Å². The molecule has 1 aromatic heterocycles. The normalized spacial score (nSPS) is 12.0. The molecule has 0 unspecified atom stereocenters. The Morgan fingerprint density at radius 2 is 1.81 bits per heavy atom. The number of fused-ring (bicyclic) bond motifs is 1. The van der Waals surface area contributed by atoms with Crippen LogP contribution in [0.4, 0.5) is 5.69 Å². The number of benzene rings is 3. The van der Waals surface area contributed by atoms with Gasteiger partial charge in [0.25, 0.3) is 0 Å². The minimum atomic E-state index is 0.0398. The Morgan fingerprint density at radius 1 is 1.06 bits per heavy atom. The van der Waals surface area contributed by atoms with Gasteiger partial charge in [0.05, 0.1) is 12.8 Å². The average Bonchev–Trinajstić information content (AvgIpc) is 3.17. The predicted octanol–water partition coefficient (Wildman–Crippen LogP) is 7.02. The van der Waals surface area contributed by atoms with Gasteiger partial charge in [-0.15, -0.1) is 0 Å². The SMILES string of the molecule is COc1cc(Br)cc(C=Nc2ccc3oc(-c4ccc(C(C)(C)C)cc4)nc3c2)c1O. The molecule has 4 rings (SSSR count). The molecular weight excluding hydrogens is 456 g/mol. The molecule has 1 heterocycles. The summed E-state index contributed by atoms with van der Waals surface area (Å²) in [5.41, 5.74) is 4.96. The van der Waals surface area contributed by atoms with Crippen molar-refractivity contribution in [3.8, 4) is 23.0 Å². The molecule has 158 valence electrons. The van der Waals surface area contributed by atoms with E-state index in [2.05, 4.69) is 58.8 Å². The van der Waals surface area contributed by atoms with E-state index >= 15 is 0 Å². The molecule has 0 fully saturated rings. The second kappa shape index (κ2) is 8.19. The molecule has 0 aliphatic carbocycles. The third-order valence-corrected chi connectivity index (χ3v) is 5.47. The number of phenols is 1. The van der Waals surface area contributed by atoms with Crippen LogP contribution in [-0.2, 0) is 5.41 Å². The maximum atomic E-state index is 10.3. The number of halogens is 1. The van der Waals surface area contributed by atoms with E-state index in [-0.39, 0.29) is 11.2 Å². The fourth-order valence-electron chi connectivity index (χ4n) is 3.22. The molecule has 0 radical (unpaired) electrons. The smallest absolute Gasteiger partial charge is 0.227 e. The molecule has 0 aliphatic heterocycles. The van der Waals surface area contributed by atoms with Crippen LogP contribution in [0.25, 0.3) is 22.6 Å². The number of oxazole rings is 1. The van der Waals surface area contributed by atoms with Crippen LogP contribution in [0.15, 0.2) is 68.5 Å². The van der Waals surface area contributed by atoms with Crippen LogP contribution in [0.2, 0.25) is 0 Å². The Balaban J connectivity index is 1.63. The minimum absolute atomic E-state index is 0.0398. The first kappa shape index (κ1) is 21.1. The van der Waals surface area contributed by atoms with E-state index in [1.54, 1.807) is 18.3 Å². The molecule has 31 heavy (non-hydrogen) atoms. The van der Waals surface area contributed by atoms with E-state index in [1.807, 2.05) is 30.3 Å². The highest BCUT2D eigenvalue weighted by molar-refractivity contribution is 9.10. The third-order valence-electron chi connectivity index (χ3n) is 5.01. The second-order valence-corrected chi connectivity index (χ2v) is 9.22. The zero-order valence-corrected chi connectivity index (χ0v) is 19.4. The lowest BCUT2D eigenvalue weighted by molar-refractivity contribution is 0.373. The number of aliphatic imine (C=N–C) groups is 1. The van der Waals surface area contributed by atoms with E-state index in [0.29, 0.717) is 28.5 Å². The maximum Gasteiger partial charge on any atom is 0.227 e. The average molecular weight is 479 g/mol. The van der Waals surface area contributed by atoms with Crippen LogP contribution < -0.4 is 4.74 Å². The summed E-state index contributed by atoms with van der Waals surface area (Å²) in [5, 5.41) is 10.3. The minimum Gasteiger partial charge on any atom is -0.504 e. The summed E-state index contributed by atoms with van der Waals surface area (Å²) in [6, 6.07) is 17.3. The van der Waals surface area contributed by atoms with Crippen molar-refractivity contribution in [1.29, 1.82) is 0 Å². The lowest BCUT2D eigenvalue weighted by Crippen LogP contribution is -2.10. The number of nitrogens with zero attached hydrogens (tertiary/aromatic N) is 2. The van der Waals surface area contributed by atoms with Crippen molar-refractivity contribution in [1.82, 2.24) is 4.98 Å². The zero-order valence-electron chi connectivity index (χ0n) is 17.8. The third kappa shape index (κ3) is 4.49. The Kier molecular flexibility index (Phi) is 5.58. The van der Waals surface area contributed by atoms with Crippen LogP contribution in [0.3, 0.4) is 0 Å². The van der Waals surface area contributed by atoms with E-state index in [0.717, 1.165) is 15.6 Å². The van der Waals surface area contributed by atoms with Gasteiger partial charge < -0.3 is 14.3 Å². The lowest BCUT2D eigenvalue weighted by atomic mass is 9.87. The molecule has 0 amide bonds. The van der Waals surface area contributed by atoms with Gasteiger partial charge in [-0.25, -0.2) is 4.98 Å². The van der Waals surface area contributed by atoms with Crippen molar-refractivity contribution >= 4 is 38.9 Å². The lowest BCUT2D eigenvalue weighted by Gasteiger charge is -2.18. The number of hydrogen-bond donors (Lipinski definition) is 1. The molecular formula is C25H23BrN2O3. The summed E-state index contributed by atoms with van der Waals surface area (Å²) in [5.74, 6) is 0.994. The first-order valence-corrected chi connectivity index (χ1v) is 10.7. The fourth-order valence-corrected chi connectivity index (χ4v) is 3.68. The molecule has 3 aromatic carbocycles. The van der Waals surface area contributed by atoms with Crippen LogP contribution in [0.5, 0.6) is 11.5 Å². The summed E-state index contributed by atoms with van der Waals surface area (Å²) < 4.78 is 11.9. The Hall–Kier alpha value is -3.12. The number of ether oxygens (including phenoxy) is 1. The van der Waals surface area contributed by atoms with Crippen molar-refractivity contribution in [2.45, 2.75) is 26.2 Å². The Morgan fingerprint density at radius 3 is 2.48 bits per heavy atom. The molecule has 1 N–H and O–H groups in total. The van der Waals surface area contributed by atoms with Crippen molar-refractivity contribution in [2.24, 2.45) is 4.99 Å². The molecule has 4 aromatic rings. The van der Waals surface area contributed by atoms with Gasteiger partial charge in [0, 0.05) is 21.8 Å². The first-order chi connectivity index (χ1) is 14.7. The van der Waals surface area contributed by atoms with Crippen LogP contribution >= 0.6 is 15.9 Å². The predicted molar refractivity (Wildman–Crippen MR) is 128 cm³/mol. The molecule has 0 saturated heterocycles. The van der Waals surface area contributed by atoms with Crippen LogP contribution in [0, 0.1) is 0 Å². The molecule has 0 bridgehead atoms. The summed E-state index contributed by atoms with van der Waals surface area (Å²) in [6.07, 6.45) is 1.59. The highest BCUT2D eigenvalue weighted by atomic mass is 79.9. The van der Waals surface area contributed by atoms with E-state index in [1.165, 1.54) is 12.7 Å². The summed E-state index contributed by atoms with van der Waals surface area (Å²) >= 11 is 3.41. The number of rotatable bonds is 4. The largest absolute Gasteiger partial charge is 0.504 e. The molecule has 0 aliphatic rings. The van der Waals surface area contributed by atoms with Gasteiger partial charge >= 0.3 is 0 Å². The van der Waals surface area contributed by atoms with Gasteiger partial charge in [0.15, 0.2) is 17.1 Å². The van der Waals surface area contributed by atoms with Gasteiger partial charge in [0.2, 0.25) is 5.89 Å². The number of methoxy groups -OCH3 is 1. The summed E-state index contributed by atoms with van der Waals surface area (Å²) in [4.78, 5) is 9.11. The highest BCUT2D eigenvalue weighted by Crippen LogP contribution is 2.33. The standard InChI is InChI=1S/C25H23BrN2O3/c1-25(2,3)17-7-5-15(6-8-17)24-28-20-13-19(9-10-21(20)31-24)27-14-16-11-18(26)12-22(30-4)23(16)29/h5-14,29H,1-4H3. The first-order valence-electron chi connectivity index (χ1n) is 9.87. The quantitative estimate of drug-likeness (QED) is 0.320. The molecule has 0 spiro atoms. The summed E-state index contributed by atoms with van der Waals surface area (Å²) in [6.45, 7) is 6.56. The maximum absolute atomic E-state index is 10.3. The van der Waals surface area contributed by atoms with Crippen molar-refractivity contribution < 1.29 is 14.3 Å². The Labute approximate surface area is 189 Å². The van der Waals surface area contributed by atoms with Crippen molar-refractivity contribution in [3.63, 3.8) is 0 Å². The van der Waals surface area contributed by atoms with Gasteiger partial charge in [-0.3, -0.25) is 4.99 Å². The van der Waals surface area contributed by atoms with E-state index in [4.69, 9.17) is 9.15 Å². The molecule has 0 atom stereocenters. The Bertz CT molecular complexity index is 1270. The molecule has 0 saturated carbocycles. The van der Waals surface area contributed by atoms with Gasteiger partial charge in [-0.1, -0.05) is 48.8 Å². The second-order valence-electron chi connectivity index (χ2n) is 8.30. The number of aromatic hydroxyl groups is 1. The van der Waals surface area contributed by atoms with Gasteiger partial charge in [-0.2, -0.15) is 0 Å². The van der Waals surface area contributed by atoms with Crippen LogP contribution in [0.1, 0.15) is 31.9 Å². The van der Waals surface area contributed by atoms with Gasteiger partial charge in [-0.05, 0) is 53.4 Å². The monoisotopic (exact) mass is 478 g/mol. The van der Waals surface area contributed by atoms with Crippen molar-refractivity contribution in [2.75, 3.05) is 7.11 Å². The highest BCUT2D eigenvalue weighted by Gasteiger charge is 2.15. The zero-order chi connectivity index (χ0) is 22.2. The van der Waals surface area contributed by atoms with Crippen molar-refractivity contribution in [3.05, 3.63) is 70.2 Å². The number of phenolic OH excluding ortho intramolecular Hbond substituents is 1. The number of hydrogen-bond acceptors (Lipinski definition) is 5. The topological polar surface area (TPSA) is 67.9 Å².